The first-order chi connectivity index (χ1) is 19.4. The maximum Gasteiger partial charge on any atom is 0.256 e. The van der Waals surface area contributed by atoms with Crippen LogP contribution < -0.4 is 16.0 Å². The monoisotopic (exact) mass is 592 g/mol. The van der Waals surface area contributed by atoms with E-state index in [-0.39, 0.29) is 29.5 Å². The number of nitrogens with zero attached hydrogens (tertiary/aromatic N) is 1. The van der Waals surface area contributed by atoms with Crippen molar-refractivity contribution in [3.05, 3.63) is 82.4 Å². The first-order valence-corrected chi connectivity index (χ1v) is 15.3. The van der Waals surface area contributed by atoms with Gasteiger partial charge in [0.2, 0.25) is 5.91 Å². The second kappa shape index (κ2) is 12.8. The number of aromatic nitrogens is 1. The third-order valence-corrected chi connectivity index (χ3v) is 9.42. The van der Waals surface area contributed by atoms with Crippen LogP contribution in [0.15, 0.2) is 65.0 Å². The average molecular weight is 593 g/mol. The summed E-state index contributed by atoms with van der Waals surface area (Å²) in [4.78, 5) is 43.3. The Morgan fingerprint density at radius 1 is 0.950 bits per heavy atom. The van der Waals surface area contributed by atoms with E-state index in [0.29, 0.717) is 27.5 Å². The van der Waals surface area contributed by atoms with Crippen molar-refractivity contribution in [3.8, 4) is 0 Å². The van der Waals surface area contributed by atoms with Crippen molar-refractivity contribution in [2.24, 2.45) is 0 Å². The van der Waals surface area contributed by atoms with Gasteiger partial charge in [0.15, 0.2) is 4.34 Å². The van der Waals surface area contributed by atoms with E-state index in [1.54, 1.807) is 42.5 Å². The number of hydrogen-bond acceptors (Lipinski definition) is 6. The largest absolute Gasteiger partial charge is 0.349 e. The number of halogens is 1. The SMILES string of the molecule is Cc1c(Cl)cccc1NC(=O)CSc1nc2ccc(NC(=O)c3ccccc3C(=O)NC3CCCCC3)cc2s1. The molecule has 1 aliphatic carbocycles. The number of hydrogen-bond donors (Lipinski definition) is 3. The molecule has 3 amide bonds. The van der Waals surface area contributed by atoms with Crippen molar-refractivity contribution < 1.29 is 14.4 Å². The molecule has 1 aliphatic rings. The van der Waals surface area contributed by atoms with Crippen LogP contribution >= 0.6 is 34.7 Å². The smallest absolute Gasteiger partial charge is 0.256 e. The maximum absolute atomic E-state index is 13.2. The van der Waals surface area contributed by atoms with E-state index in [2.05, 4.69) is 20.9 Å². The summed E-state index contributed by atoms with van der Waals surface area (Å²) in [5.74, 6) is -0.504. The van der Waals surface area contributed by atoms with Gasteiger partial charge in [-0.2, -0.15) is 0 Å². The number of nitrogens with one attached hydrogen (secondary N) is 3. The van der Waals surface area contributed by atoms with Gasteiger partial charge in [-0.05, 0) is 67.8 Å². The Morgan fingerprint density at radius 2 is 1.70 bits per heavy atom. The molecule has 1 fully saturated rings. The summed E-state index contributed by atoms with van der Waals surface area (Å²) in [5.41, 5.74) is 3.60. The van der Waals surface area contributed by atoms with Crippen LogP contribution in [0.5, 0.6) is 0 Å². The van der Waals surface area contributed by atoms with Crippen molar-refractivity contribution in [2.75, 3.05) is 16.4 Å². The second-order valence-electron chi connectivity index (χ2n) is 9.72. The number of thioether (sulfide) groups is 1. The highest BCUT2D eigenvalue weighted by atomic mass is 35.5. The van der Waals surface area contributed by atoms with Gasteiger partial charge >= 0.3 is 0 Å². The Bertz CT molecular complexity index is 1570. The van der Waals surface area contributed by atoms with E-state index in [4.69, 9.17) is 11.6 Å². The lowest BCUT2D eigenvalue weighted by atomic mass is 9.95. The number of fused-ring (bicyclic) bond motifs is 1. The molecule has 0 unspecified atom stereocenters. The molecular weight excluding hydrogens is 564 g/mol. The highest BCUT2D eigenvalue weighted by Crippen LogP contribution is 2.32. The minimum Gasteiger partial charge on any atom is -0.349 e. The molecule has 1 saturated carbocycles. The lowest BCUT2D eigenvalue weighted by Crippen LogP contribution is -2.37. The van der Waals surface area contributed by atoms with Crippen LogP contribution in [-0.2, 0) is 4.79 Å². The van der Waals surface area contributed by atoms with Crippen molar-refractivity contribution >= 4 is 74.0 Å². The van der Waals surface area contributed by atoms with Gasteiger partial charge in [0.1, 0.15) is 0 Å². The molecule has 0 spiro atoms. The van der Waals surface area contributed by atoms with Crippen LogP contribution in [0.1, 0.15) is 58.4 Å². The molecule has 1 heterocycles. The molecule has 7 nitrogen and oxygen atoms in total. The van der Waals surface area contributed by atoms with E-state index in [1.165, 1.54) is 29.5 Å². The minimum absolute atomic E-state index is 0.145. The highest BCUT2D eigenvalue weighted by molar-refractivity contribution is 8.01. The fourth-order valence-electron chi connectivity index (χ4n) is 4.69. The third kappa shape index (κ3) is 6.83. The molecule has 4 aromatic rings. The third-order valence-electron chi connectivity index (χ3n) is 6.85. The Kier molecular flexibility index (Phi) is 9.04. The number of thiazole rings is 1. The van der Waals surface area contributed by atoms with Crippen LogP contribution in [0.4, 0.5) is 11.4 Å². The summed E-state index contributed by atoms with van der Waals surface area (Å²) in [6, 6.07) is 17.9. The molecule has 40 heavy (non-hydrogen) atoms. The number of benzene rings is 3. The topological polar surface area (TPSA) is 100 Å². The zero-order valence-electron chi connectivity index (χ0n) is 22.0. The van der Waals surface area contributed by atoms with Gasteiger partial charge in [0, 0.05) is 22.4 Å². The number of rotatable bonds is 8. The van der Waals surface area contributed by atoms with Crippen molar-refractivity contribution in [3.63, 3.8) is 0 Å². The molecule has 0 bridgehead atoms. The molecular formula is C30H29ClN4O3S2. The summed E-state index contributed by atoms with van der Waals surface area (Å²) in [5, 5.41) is 9.52. The number of carbonyl (C=O) groups is 3. The van der Waals surface area contributed by atoms with E-state index < -0.39 is 0 Å². The Labute approximate surface area is 246 Å². The maximum atomic E-state index is 13.2. The van der Waals surface area contributed by atoms with Gasteiger partial charge in [-0.25, -0.2) is 4.98 Å². The van der Waals surface area contributed by atoms with Gasteiger partial charge in [-0.15, -0.1) is 11.3 Å². The van der Waals surface area contributed by atoms with Gasteiger partial charge in [-0.3, -0.25) is 14.4 Å². The van der Waals surface area contributed by atoms with Crippen LogP contribution in [0.25, 0.3) is 10.2 Å². The van der Waals surface area contributed by atoms with Crippen molar-refractivity contribution in [1.82, 2.24) is 10.3 Å². The molecule has 0 radical (unpaired) electrons. The van der Waals surface area contributed by atoms with Crippen LogP contribution in [0, 0.1) is 6.92 Å². The van der Waals surface area contributed by atoms with E-state index in [0.717, 1.165) is 45.8 Å². The van der Waals surface area contributed by atoms with Crippen molar-refractivity contribution in [1.29, 1.82) is 0 Å². The fraction of sp³-hybridized carbons (Fsp3) is 0.267. The first-order valence-electron chi connectivity index (χ1n) is 13.2. The number of anilines is 2. The molecule has 3 aromatic carbocycles. The molecule has 0 saturated heterocycles. The molecule has 5 rings (SSSR count). The van der Waals surface area contributed by atoms with Crippen LogP contribution in [0.2, 0.25) is 5.02 Å². The molecule has 3 N–H and O–H groups in total. The van der Waals surface area contributed by atoms with Gasteiger partial charge < -0.3 is 16.0 Å². The van der Waals surface area contributed by atoms with Crippen LogP contribution in [-0.4, -0.2) is 34.5 Å². The summed E-state index contributed by atoms with van der Waals surface area (Å²) in [7, 11) is 0. The quantitative estimate of drug-likeness (QED) is 0.186. The fourth-order valence-corrected chi connectivity index (χ4v) is 6.77. The van der Waals surface area contributed by atoms with Crippen LogP contribution in [0.3, 0.4) is 0 Å². The van der Waals surface area contributed by atoms with Gasteiger partial charge in [0.25, 0.3) is 11.8 Å². The minimum atomic E-state index is -0.346. The lowest BCUT2D eigenvalue weighted by Gasteiger charge is -2.23. The normalized spacial score (nSPS) is 13.7. The predicted molar refractivity (Wildman–Crippen MR) is 164 cm³/mol. The number of carbonyl (C=O) groups excluding carboxylic acids is 3. The van der Waals surface area contributed by atoms with Crippen molar-refractivity contribution in [2.45, 2.75) is 49.4 Å². The zero-order chi connectivity index (χ0) is 28.1. The predicted octanol–water partition coefficient (Wildman–Crippen LogP) is 7.30. The lowest BCUT2D eigenvalue weighted by molar-refractivity contribution is -0.113. The zero-order valence-corrected chi connectivity index (χ0v) is 24.3. The van der Waals surface area contributed by atoms with Gasteiger partial charge in [0.05, 0.1) is 27.1 Å². The molecule has 1 aromatic heterocycles. The molecule has 0 atom stereocenters. The molecule has 0 aliphatic heterocycles. The Hall–Kier alpha value is -3.40. The van der Waals surface area contributed by atoms with E-state index >= 15 is 0 Å². The van der Waals surface area contributed by atoms with E-state index in [1.807, 2.05) is 25.1 Å². The summed E-state index contributed by atoms with van der Waals surface area (Å²) in [6.45, 7) is 1.86. The summed E-state index contributed by atoms with van der Waals surface area (Å²) >= 11 is 8.94. The van der Waals surface area contributed by atoms with Gasteiger partial charge in [-0.1, -0.05) is 60.8 Å². The highest BCUT2D eigenvalue weighted by Gasteiger charge is 2.21. The number of amides is 3. The molecule has 206 valence electrons. The Balaban J connectivity index is 1.22. The molecule has 10 heteroatoms. The van der Waals surface area contributed by atoms with E-state index in [9.17, 15) is 14.4 Å². The summed E-state index contributed by atoms with van der Waals surface area (Å²) in [6.07, 6.45) is 5.38. The Morgan fingerprint density at radius 3 is 2.48 bits per heavy atom. The average Bonchev–Trinajstić information content (AvgIpc) is 3.37. The summed E-state index contributed by atoms with van der Waals surface area (Å²) < 4.78 is 1.64. The standard InChI is InChI=1S/C30H29ClN4O3S2/c1-18-23(31)12-7-13-24(18)34-27(36)17-39-30-35-25-15-14-20(16-26(25)40-30)33-29(38)22-11-6-5-10-21(22)28(37)32-19-8-3-2-4-9-19/h5-7,10-16,19H,2-4,8-9,17H2,1H3,(H,32,37)(H,33,38)(H,34,36). The first kappa shape index (κ1) is 28.1. The second-order valence-corrected chi connectivity index (χ2v) is 12.4.